The molecule has 1 aliphatic carbocycles. The summed E-state index contributed by atoms with van der Waals surface area (Å²) < 4.78 is 0. The largest absolute Gasteiger partial charge is 0.385 e. The Morgan fingerprint density at radius 3 is 2.72 bits per heavy atom. The molecule has 0 amide bonds. The number of aromatic nitrogens is 1. The Morgan fingerprint density at radius 2 is 1.94 bits per heavy atom. The van der Waals surface area contributed by atoms with Gasteiger partial charge >= 0.3 is 0 Å². The molecule has 1 N–H and O–H groups in total. The Hall–Kier alpha value is -1.74. The summed E-state index contributed by atoms with van der Waals surface area (Å²) in [6, 6.07) is 7.81. The minimum Gasteiger partial charge on any atom is -0.385 e. The van der Waals surface area contributed by atoms with E-state index in [9.17, 15) is 9.90 Å². The van der Waals surface area contributed by atoms with Crippen LogP contribution in [0.5, 0.6) is 0 Å². The van der Waals surface area contributed by atoms with Gasteiger partial charge in [-0.25, -0.2) is 0 Å². The molecule has 1 aliphatic rings. The molecule has 18 heavy (non-hydrogen) atoms. The topological polar surface area (TPSA) is 50.2 Å². The summed E-state index contributed by atoms with van der Waals surface area (Å²) in [7, 11) is 0. The van der Waals surface area contributed by atoms with Crippen molar-refractivity contribution in [2.75, 3.05) is 0 Å². The average Bonchev–Trinajstić information content (AvgIpc) is 2.42. The molecule has 2 aromatic rings. The third-order valence-electron chi connectivity index (χ3n) is 3.82. The summed E-state index contributed by atoms with van der Waals surface area (Å²) in [5, 5.41) is 12.8. The number of pyridine rings is 1. The van der Waals surface area contributed by atoms with Crippen molar-refractivity contribution in [1.82, 2.24) is 4.98 Å². The highest BCUT2D eigenvalue weighted by atomic mass is 16.3. The zero-order valence-electron chi connectivity index (χ0n) is 10.1. The van der Waals surface area contributed by atoms with Gasteiger partial charge in [-0.3, -0.25) is 9.78 Å². The molecule has 1 aromatic carbocycles. The van der Waals surface area contributed by atoms with Crippen molar-refractivity contribution in [2.45, 2.75) is 31.3 Å². The third kappa shape index (κ3) is 1.81. The van der Waals surface area contributed by atoms with E-state index >= 15 is 0 Å². The second kappa shape index (κ2) is 4.18. The minimum atomic E-state index is -0.866. The zero-order valence-corrected chi connectivity index (χ0v) is 10.1. The van der Waals surface area contributed by atoms with Gasteiger partial charge in [0, 0.05) is 30.6 Å². The molecular weight excluding hydrogens is 226 g/mol. The minimum absolute atomic E-state index is 0.251. The fourth-order valence-corrected chi connectivity index (χ4v) is 2.74. The van der Waals surface area contributed by atoms with Crippen LogP contribution in [0.3, 0.4) is 0 Å². The molecule has 92 valence electrons. The monoisotopic (exact) mass is 241 g/mol. The first kappa shape index (κ1) is 11.4. The fraction of sp³-hybridized carbons (Fsp3) is 0.333. The first-order chi connectivity index (χ1) is 8.69. The lowest BCUT2D eigenvalue weighted by molar-refractivity contribution is -0.125. The molecule has 0 unspecified atom stereocenters. The molecule has 0 bridgehead atoms. The predicted molar refractivity (Wildman–Crippen MR) is 69.1 cm³/mol. The van der Waals surface area contributed by atoms with Crippen molar-refractivity contribution < 1.29 is 9.90 Å². The summed E-state index contributed by atoms with van der Waals surface area (Å²) in [6.45, 7) is 0. The smallest absolute Gasteiger partial charge is 0.133 e. The van der Waals surface area contributed by atoms with Crippen LogP contribution in [0.15, 0.2) is 36.7 Å². The molecule has 3 nitrogen and oxygen atoms in total. The lowest BCUT2D eigenvalue weighted by atomic mass is 9.78. The summed E-state index contributed by atoms with van der Waals surface area (Å²) >= 11 is 0. The van der Waals surface area contributed by atoms with Crippen molar-refractivity contribution in [2.24, 2.45) is 0 Å². The predicted octanol–water partition coefficient (Wildman–Crippen LogP) is 2.57. The van der Waals surface area contributed by atoms with Crippen molar-refractivity contribution in [3.63, 3.8) is 0 Å². The van der Waals surface area contributed by atoms with E-state index in [-0.39, 0.29) is 5.78 Å². The Morgan fingerprint density at radius 1 is 1.17 bits per heavy atom. The van der Waals surface area contributed by atoms with Gasteiger partial charge in [0.05, 0.1) is 5.60 Å². The van der Waals surface area contributed by atoms with E-state index in [0.717, 1.165) is 16.3 Å². The van der Waals surface area contributed by atoms with Gasteiger partial charge in [0.15, 0.2) is 0 Å². The van der Waals surface area contributed by atoms with E-state index in [1.807, 2.05) is 24.3 Å². The lowest BCUT2D eigenvalue weighted by Crippen LogP contribution is -2.31. The van der Waals surface area contributed by atoms with Gasteiger partial charge in [0.25, 0.3) is 0 Å². The molecule has 1 aromatic heterocycles. The molecule has 3 rings (SSSR count). The Balaban J connectivity index is 2.11. The standard InChI is InChI=1S/C15H15NO2/c17-12-4-7-15(18,8-5-12)14-3-1-2-11-10-16-9-6-13(11)14/h1-3,6,9-10,18H,4-5,7-8H2. The highest BCUT2D eigenvalue weighted by Crippen LogP contribution is 2.38. The van der Waals surface area contributed by atoms with Crippen LogP contribution in [-0.2, 0) is 10.4 Å². The van der Waals surface area contributed by atoms with Crippen LogP contribution in [0.4, 0.5) is 0 Å². The number of benzene rings is 1. The highest BCUT2D eigenvalue weighted by molar-refractivity contribution is 5.86. The van der Waals surface area contributed by atoms with E-state index < -0.39 is 5.60 Å². The number of Topliss-reactive ketones (excluding diaryl/α,β-unsaturated/α-hetero) is 1. The van der Waals surface area contributed by atoms with Crippen LogP contribution in [0.1, 0.15) is 31.2 Å². The number of hydrogen-bond donors (Lipinski definition) is 1. The molecule has 0 spiro atoms. The van der Waals surface area contributed by atoms with Crippen LogP contribution in [-0.4, -0.2) is 15.9 Å². The number of ketones is 1. The van der Waals surface area contributed by atoms with Crippen molar-refractivity contribution >= 4 is 16.6 Å². The third-order valence-corrected chi connectivity index (χ3v) is 3.82. The number of hydrogen-bond acceptors (Lipinski definition) is 3. The molecule has 1 saturated carbocycles. The molecule has 0 atom stereocenters. The number of aliphatic hydroxyl groups is 1. The van der Waals surface area contributed by atoms with Crippen LogP contribution >= 0.6 is 0 Å². The molecule has 1 heterocycles. The van der Waals surface area contributed by atoms with E-state index in [1.165, 1.54) is 0 Å². The number of nitrogens with zero attached hydrogens (tertiary/aromatic N) is 1. The quantitative estimate of drug-likeness (QED) is 0.834. The van der Waals surface area contributed by atoms with Crippen molar-refractivity contribution in [3.8, 4) is 0 Å². The maximum Gasteiger partial charge on any atom is 0.133 e. The number of fused-ring (bicyclic) bond motifs is 1. The maximum atomic E-state index is 11.3. The van der Waals surface area contributed by atoms with E-state index in [2.05, 4.69) is 4.98 Å². The Kier molecular flexibility index (Phi) is 2.63. The highest BCUT2D eigenvalue weighted by Gasteiger charge is 2.35. The van der Waals surface area contributed by atoms with Gasteiger partial charge in [-0.15, -0.1) is 0 Å². The van der Waals surface area contributed by atoms with E-state index in [0.29, 0.717) is 25.7 Å². The number of carbonyl (C=O) groups is 1. The van der Waals surface area contributed by atoms with Crippen LogP contribution in [0, 0.1) is 0 Å². The second-order valence-electron chi connectivity index (χ2n) is 4.97. The molecule has 0 radical (unpaired) electrons. The zero-order chi connectivity index (χ0) is 12.6. The maximum absolute atomic E-state index is 11.3. The van der Waals surface area contributed by atoms with Crippen LogP contribution in [0.25, 0.3) is 10.8 Å². The van der Waals surface area contributed by atoms with E-state index in [1.54, 1.807) is 12.4 Å². The van der Waals surface area contributed by atoms with Gasteiger partial charge in [0.1, 0.15) is 5.78 Å². The van der Waals surface area contributed by atoms with Crippen molar-refractivity contribution in [1.29, 1.82) is 0 Å². The van der Waals surface area contributed by atoms with Gasteiger partial charge in [-0.05, 0) is 29.9 Å². The Bertz CT molecular complexity index is 591. The normalized spacial score (nSPS) is 19.1. The lowest BCUT2D eigenvalue weighted by Gasteiger charge is -2.32. The molecular formula is C15H15NO2. The van der Waals surface area contributed by atoms with E-state index in [4.69, 9.17) is 0 Å². The van der Waals surface area contributed by atoms with Crippen LogP contribution in [0.2, 0.25) is 0 Å². The first-order valence-corrected chi connectivity index (χ1v) is 6.26. The van der Waals surface area contributed by atoms with Gasteiger partial charge in [-0.2, -0.15) is 0 Å². The van der Waals surface area contributed by atoms with Crippen molar-refractivity contribution in [3.05, 3.63) is 42.2 Å². The first-order valence-electron chi connectivity index (χ1n) is 6.26. The van der Waals surface area contributed by atoms with Gasteiger partial charge < -0.3 is 5.11 Å². The fourth-order valence-electron chi connectivity index (χ4n) is 2.74. The molecule has 0 saturated heterocycles. The summed E-state index contributed by atoms with van der Waals surface area (Å²) in [5.41, 5.74) is 0.0595. The summed E-state index contributed by atoms with van der Waals surface area (Å²) in [4.78, 5) is 15.4. The molecule has 1 fully saturated rings. The Labute approximate surface area is 105 Å². The molecule has 0 aliphatic heterocycles. The second-order valence-corrected chi connectivity index (χ2v) is 4.97. The van der Waals surface area contributed by atoms with Gasteiger partial charge in [-0.1, -0.05) is 18.2 Å². The average molecular weight is 241 g/mol. The van der Waals surface area contributed by atoms with Crippen LogP contribution < -0.4 is 0 Å². The number of carbonyl (C=O) groups excluding carboxylic acids is 1. The molecule has 3 heteroatoms. The summed E-state index contributed by atoms with van der Waals surface area (Å²) in [6.07, 6.45) is 5.52. The number of rotatable bonds is 1. The summed E-state index contributed by atoms with van der Waals surface area (Å²) in [5.74, 6) is 0.251. The SMILES string of the molecule is O=C1CCC(O)(c2cccc3cnccc23)CC1. The van der Waals surface area contributed by atoms with Gasteiger partial charge in [0.2, 0.25) is 0 Å².